The Bertz CT molecular complexity index is 1190. The van der Waals surface area contributed by atoms with Crippen molar-refractivity contribution in [3.05, 3.63) is 62.9 Å². The van der Waals surface area contributed by atoms with Crippen LogP contribution in [0.15, 0.2) is 35.6 Å². The molecule has 3 heterocycles. The lowest BCUT2D eigenvalue weighted by Crippen LogP contribution is -2.43. The first-order valence-corrected chi connectivity index (χ1v) is 10.9. The van der Waals surface area contributed by atoms with Crippen LogP contribution in [-0.4, -0.2) is 46.3 Å². The van der Waals surface area contributed by atoms with Gasteiger partial charge in [0.15, 0.2) is 0 Å². The molecule has 0 N–H and O–H groups in total. The zero-order chi connectivity index (χ0) is 24.7. The molecule has 2 aliphatic rings. The fraction of sp³-hybridized carbons (Fsp3) is 0.364. The molecule has 0 aliphatic carbocycles. The van der Waals surface area contributed by atoms with Crippen molar-refractivity contribution in [2.24, 2.45) is 5.16 Å². The second kappa shape index (κ2) is 8.96. The predicted octanol–water partition coefficient (Wildman–Crippen LogP) is 4.88. The smallest absolute Gasteiger partial charge is 0.372 e. The summed E-state index contributed by atoms with van der Waals surface area (Å²) >= 11 is 11.9. The van der Waals surface area contributed by atoms with E-state index in [2.05, 4.69) is 10.1 Å². The van der Waals surface area contributed by atoms with Crippen molar-refractivity contribution in [2.45, 2.75) is 37.7 Å². The van der Waals surface area contributed by atoms with Crippen molar-refractivity contribution in [1.82, 2.24) is 14.8 Å². The van der Waals surface area contributed by atoms with Crippen LogP contribution in [0.3, 0.4) is 0 Å². The molecule has 178 valence electrons. The third kappa shape index (κ3) is 4.38. The maximum Gasteiger partial charge on any atom is 0.435 e. The Labute approximate surface area is 203 Å². The van der Waals surface area contributed by atoms with Crippen LogP contribution in [-0.2, 0) is 23.5 Å². The van der Waals surface area contributed by atoms with E-state index >= 15 is 0 Å². The molecular formula is C22H18Cl2F3N5O2. The van der Waals surface area contributed by atoms with Gasteiger partial charge in [-0.05, 0) is 35.4 Å². The number of fused-ring (bicyclic) bond motifs is 1. The van der Waals surface area contributed by atoms with Crippen LogP contribution in [0.5, 0.6) is 0 Å². The standard InChI is InChI=1S/C22H18Cl2F3N5O2/c1-31(4-2-3-28)20(33)18-5-13-11-32(12-14(13)10-29-18)19-9-21(34-30-19,22(25,26)27)15-6-16(23)8-17(24)7-15/h5-8,10H,2,4,9,11-12H2,1H3. The molecule has 1 amide bonds. The average molecular weight is 512 g/mol. The van der Waals surface area contributed by atoms with E-state index in [-0.39, 0.29) is 59.1 Å². The van der Waals surface area contributed by atoms with Gasteiger partial charge in [0.25, 0.3) is 11.5 Å². The largest absolute Gasteiger partial charge is 0.435 e. The van der Waals surface area contributed by atoms with E-state index in [0.717, 1.165) is 11.1 Å². The maximum absolute atomic E-state index is 14.2. The van der Waals surface area contributed by atoms with E-state index in [4.69, 9.17) is 33.3 Å². The van der Waals surface area contributed by atoms with Crippen LogP contribution >= 0.6 is 23.2 Å². The minimum Gasteiger partial charge on any atom is -0.372 e. The lowest BCUT2D eigenvalue weighted by molar-refractivity contribution is -0.275. The third-order valence-corrected chi connectivity index (χ3v) is 6.23. The zero-order valence-corrected chi connectivity index (χ0v) is 19.4. The van der Waals surface area contributed by atoms with E-state index in [1.807, 2.05) is 6.07 Å². The van der Waals surface area contributed by atoms with Gasteiger partial charge in [-0.1, -0.05) is 28.4 Å². The molecule has 0 saturated carbocycles. The number of carbonyl (C=O) groups excluding carboxylic acids is 1. The van der Waals surface area contributed by atoms with Crippen molar-refractivity contribution in [3.63, 3.8) is 0 Å². The van der Waals surface area contributed by atoms with Gasteiger partial charge in [0.05, 0.1) is 18.9 Å². The molecule has 0 saturated heterocycles. The number of nitriles is 1. The summed E-state index contributed by atoms with van der Waals surface area (Å²) in [5, 5.41) is 12.6. The van der Waals surface area contributed by atoms with Gasteiger partial charge in [0.2, 0.25) is 0 Å². The summed E-state index contributed by atoms with van der Waals surface area (Å²) in [6.07, 6.45) is -3.62. The van der Waals surface area contributed by atoms with Crippen LogP contribution in [0.25, 0.3) is 0 Å². The summed E-state index contributed by atoms with van der Waals surface area (Å²) in [5.74, 6) is -0.226. The summed E-state index contributed by atoms with van der Waals surface area (Å²) in [4.78, 5) is 24.8. The first-order valence-electron chi connectivity index (χ1n) is 10.2. The Kier molecular flexibility index (Phi) is 6.36. The van der Waals surface area contributed by atoms with Crippen LogP contribution in [0.4, 0.5) is 13.2 Å². The highest BCUT2D eigenvalue weighted by Gasteiger charge is 2.63. The highest BCUT2D eigenvalue weighted by atomic mass is 35.5. The SMILES string of the molecule is CN(CCC#N)C(=O)c1cc2c(cn1)CN(C1=NOC(c3cc(Cl)cc(Cl)c3)(C(F)(F)F)C1)C2. The van der Waals surface area contributed by atoms with E-state index < -0.39 is 18.2 Å². The second-order valence-electron chi connectivity index (χ2n) is 8.09. The van der Waals surface area contributed by atoms with Crippen molar-refractivity contribution >= 4 is 34.9 Å². The highest BCUT2D eigenvalue weighted by molar-refractivity contribution is 6.34. The lowest BCUT2D eigenvalue weighted by Gasteiger charge is -2.30. The minimum absolute atomic E-state index is 0.0553. The first kappa shape index (κ1) is 24.1. The number of hydrogen-bond acceptors (Lipinski definition) is 6. The van der Waals surface area contributed by atoms with Gasteiger partial charge in [-0.25, -0.2) is 0 Å². The van der Waals surface area contributed by atoms with Crippen molar-refractivity contribution in [1.29, 1.82) is 5.26 Å². The van der Waals surface area contributed by atoms with E-state index in [1.165, 1.54) is 29.3 Å². The molecule has 7 nitrogen and oxygen atoms in total. The molecule has 1 unspecified atom stereocenters. The third-order valence-electron chi connectivity index (χ3n) is 5.80. The quantitative estimate of drug-likeness (QED) is 0.584. The van der Waals surface area contributed by atoms with E-state index in [1.54, 1.807) is 18.0 Å². The molecule has 4 rings (SSSR count). The van der Waals surface area contributed by atoms with Gasteiger partial charge < -0.3 is 14.6 Å². The molecule has 12 heteroatoms. The summed E-state index contributed by atoms with van der Waals surface area (Å²) in [5.41, 5.74) is -1.22. The number of carbonyl (C=O) groups is 1. The number of benzene rings is 1. The van der Waals surface area contributed by atoms with Gasteiger partial charge in [-0.2, -0.15) is 18.4 Å². The number of nitrogens with zero attached hydrogens (tertiary/aromatic N) is 5. The second-order valence-corrected chi connectivity index (χ2v) is 8.96. The topological polar surface area (TPSA) is 81.8 Å². The van der Waals surface area contributed by atoms with Crippen LogP contribution < -0.4 is 0 Å². The number of rotatable bonds is 4. The Balaban J connectivity index is 1.54. The fourth-order valence-electron chi connectivity index (χ4n) is 3.94. The number of amides is 1. The number of aromatic nitrogens is 1. The van der Waals surface area contributed by atoms with Gasteiger partial charge in [-0.3, -0.25) is 9.78 Å². The number of halogens is 5. The minimum atomic E-state index is -4.78. The molecule has 1 aromatic carbocycles. The van der Waals surface area contributed by atoms with Gasteiger partial charge in [-0.15, -0.1) is 0 Å². The molecule has 1 aromatic heterocycles. The number of hydrogen-bond donors (Lipinski definition) is 0. The maximum atomic E-state index is 14.2. The molecular weight excluding hydrogens is 494 g/mol. The molecule has 0 radical (unpaired) electrons. The molecule has 1 atom stereocenters. The Morgan fingerprint density at radius 1 is 1.24 bits per heavy atom. The number of alkyl halides is 3. The highest BCUT2D eigenvalue weighted by Crippen LogP contribution is 2.49. The number of pyridine rings is 1. The fourth-order valence-corrected chi connectivity index (χ4v) is 4.47. The summed E-state index contributed by atoms with van der Waals surface area (Å²) < 4.78 is 42.7. The molecule has 0 spiro atoms. The van der Waals surface area contributed by atoms with Gasteiger partial charge in [0, 0.05) is 48.5 Å². The van der Waals surface area contributed by atoms with E-state index in [9.17, 15) is 18.0 Å². The van der Waals surface area contributed by atoms with Crippen molar-refractivity contribution in [3.8, 4) is 6.07 Å². The molecule has 2 aromatic rings. The van der Waals surface area contributed by atoms with Crippen molar-refractivity contribution in [2.75, 3.05) is 13.6 Å². The number of amidine groups is 1. The number of oxime groups is 1. The summed E-state index contributed by atoms with van der Waals surface area (Å²) in [7, 11) is 1.57. The van der Waals surface area contributed by atoms with E-state index in [0.29, 0.717) is 0 Å². The van der Waals surface area contributed by atoms with Gasteiger partial charge >= 0.3 is 6.18 Å². The molecule has 2 aliphatic heterocycles. The Morgan fingerprint density at radius 2 is 1.91 bits per heavy atom. The normalized spacial score (nSPS) is 19.3. The first-order chi connectivity index (χ1) is 16.0. The average Bonchev–Trinajstić information content (AvgIpc) is 3.40. The molecule has 0 fully saturated rings. The molecule has 0 bridgehead atoms. The Hall–Kier alpha value is -3.03. The monoisotopic (exact) mass is 511 g/mol. The predicted molar refractivity (Wildman–Crippen MR) is 118 cm³/mol. The summed E-state index contributed by atoms with van der Waals surface area (Å²) in [6, 6.07) is 7.27. The van der Waals surface area contributed by atoms with Gasteiger partial charge in [0.1, 0.15) is 11.5 Å². The molecule has 34 heavy (non-hydrogen) atoms. The zero-order valence-electron chi connectivity index (χ0n) is 17.9. The van der Waals surface area contributed by atoms with Crippen LogP contribution in [0.1, 0.15) is 40.0 Å². The summed E-state index contributed by atoms with van der Waals surface area (Å²) in [6.45, 7) is 0.779. The van der Waals surface area contributed by atoms with Crippen LogP contribution in [0, 0.1) is 11.3 Å². The lowest BCUT2D eigenvalue weighted by atomic mass is 9.89. The van der Waals surface area contributed by atoms with Crippen molar-refractivity contribution < 1.29 is 22.8 Å². The van der Waals surface area contributed by atoms with Crippen LogP contribution in [0.2, 0.25) is 10.0 Å². The Morgan fingerprint density at radius 3 is 2.56 bits per heavy atom.